The predicted molar refractivity (Wildman–Crippen MR) is 66.7 cm³/mol. The summed E-state index contributed by atoms with van der Waals surface area (Å²) in [5.41, 5.74) is 5.30. The molecule has 0 unspecified atom stereocenters. The average Bonchev–Trinajstić information content (AvgIpc) is 2.05. The molecule has 3 N–H and O–H groups in total. The minimum absolute atomic E-state index is 0. The summed E-state index contributed by atoms with van der Waals surface area (Å²) in [6, 6.07) is -1.18. The number of carbonyl (C=O) groups is 2. The van der Waals surface area contributed by atoms with Gasteiger partial charge in [0.25, 0.3) is 0 Å². The second kappa shape index (κ2) is 10.4. The summed E-state index contributed by atoms with van der Waals surface area (Å²) in [5, 5.41) is 8.57. The highest BCUT2D eigenvalue weighted by Gasteiger charge is 2.29. The van der Waals surface area contributed by atoms with Gasteiger partial charge in [-0.25, -0.2) is 0 Å². The Morgan fingerprint density at radius 3 is 2.07 bits per heavy atom. The maximum Gasteiger partial charge on any atom is 0.321 e. The van der Waals surface area contributed by atoms with Gasteiger partial charge >= 0.3 is 11.9 Å². The van der Waals surface area contributed by atoms with Gasteiger partial charge in [0.2, 0.25) is 0 Å². The lowest BCUT2D eigenvalue weighted by molar-refractivity contribution is -0.154. The third-order valence-corrected chi connectivity index (χ3v) is 1.75. The van der Waals surface area contributed by atoms with Crippen molar-refractivity contribution in [2.24, 2.45) is 11.7 Å². The molecule has 7 heteroatoms. The molecule has 0 rings (SSSR count). The van der Waals surface area contributed by atoms with Gasteiger partial charge in [0, 0.05) is 0 Å². The third kappa shape index (κ3) is 6.86. The molecule has 0 amide bonds. The second-order valence-electron chi connectivity index (χ2n) is 2.63. The smallest absolute Gasteiger partial charge is 0.321 e. The van der Waals surface area contributed by atoms with Crippen molar-refractivity contribution < 1.29 is 19.4 Å². The van der Waals surface area contributed by atoms with Crippen molar-refractivity contribution in [3.63, 3.8) is 0 Å². The maximum absolute atomic E-state index is 11.2. The lowest BCUT2D eigenvalue weighted by atomic mass is 9.98. The fourth-order valence-corrected chi connectivity index (χ4v) is 0.989. The van der Waals surface area contributed by atoms with Crippen molar-refractivity contribution in [1.29, 1.82) is 0 Å². The summed E-state index contributed by atoms with van der Waals surface area (Å²) in [6.07, 6.45) is 0.367. The highest BCUT2D eigenvalue weighted by Crippen LogP contribution is 2.09. The van der Waals surface area contributed by atoms with Crippen molar-refractivity contribution >= 4 is 45.9 Å². The van der Waals surface area contributed by atoms with Crippen LogP contribution in [0.2, 0.25) is 0 Å². The first-order chi connectivity index (χ1) is 6.04. The topological polar surface area (TPSA) is 89.6 Å². The highest BCUT2D eigenvalue weighted by molar-refractivity contribution is 8.93. The Balaban J connectivity index is -0.000000720. The van der Waals surface area contributed by atoms with Crippen molar-refractivity contribution in [2.45, 2.75) is 26.3 Å². The molecule has 2 atom stereocenters. The van der Waals surface area contributed by atoms with Gasteiger partial charge in [-0.2, -0.15) is 0 Å². The fraction of sp³-hybridized carbons (Fsp3) is 0.750. The van der Waals surface area contributed by atoms with Crippen molar-refractivity contribution in [1.82, 2.24) is 0 Å². The quantitative estimate of drug-likeness (QED) is 0.726. The van der Waals surface area contributed by atoms with Gasteiger partial charge < -0.3 is 15.6 Å². The molecule has 0 aromatic heterocycles. The van der Waals surface area contributed by atoms with Crippen molar-refractivity contribution in [3.8, 4) is 0 Å². The summed E-state index contributed by atoms with van der Waals surface area (Å²) in [7, 11) is 0. The molecule has 92 valence electrons. The van der Waals surface area contributed by atoms with E-state index in [1.807, 2.05) is 0 Å². The Morgan fingerprint density at radius 2 is 1.80 bits per heavy atom. The number of hydrogen-bond donors (Lipinski definition) is 2. The van der Waals surface area contributed by atoms with Gasteiger partial charge in [0.15, 0.2) is 0 Å². The van der Waals surface area contributed by atoms with Gasteiger partial charge in [-0.3, -0.25) is 9.59 Å². The Kier molecular flexibility index (Phi) is 14.0. The zero-order chi connectivity index (χ0) is 10.4. The number of carboxylic acid groups (broad SMARTS) is 1. The van der Waals surface area contributed by atoms with Crippen LogP contribution >= 0.6 is 34.0 Å². The molecular weight excluding hydrogens is 334 g/mol. The number of halogens is 2. The molecule has 0 aromatic carbocycles. The standard InChI is InChI=1S/C8H15NO4.2BrH/c1-3-5(6(9)7(10)11)8(12)13-4-2;;/h5-6H,3-4,9H2,1-2H3,(H,10,11);2*1H/t5-,6-;;/m0../s1. The molecule has 0 radical (unpaired) electrons. The number of aliphatic carboxylic acids is 1. The van der Waals surface area contributed by atoms with Gasteiger partial charge in [-0.15, -0.1) is 34.0 Å². The van der Waals surface area contributed by atoms with E-state index in [1.165, 1.54) is 0 Å². The monoisotopic (exact) mass is 349 g/mol. The lowest BCUT2D eigenvalue weighted by Crippen LogP contribution is -2.42. The van der Waals surface area contributed by atoms with E-state index >= 15 is 0 Å². The van der Waals surface area contributed by atoms with E-state index in [-0.39, 0.29) is 40.6 Å². The van der Waals surface area contributed by atoms with E-state index < -0.39 is 23.9 Å². The number of carbonyl (C=O) groups excluding carboxylic acids is 1. The first-order valence-corrected chi connectivity index (χ1v) is 4.19. The Morgan fingerprint density at radius 1 is 1.33 bits per heavy atom. The number of hydrogen-bond acceptors (Lipinski definition) is 4. The van der Waals surface area contributed by atoms with E-state index in [4.69, 9.17) is 10.8 Å². The summed E-state index contributed by atoms with van der Waals surface area (Å²) < 4.78 is 4.68. The Labute approximate surface area is 110 Å². The number of rotatable bonds is 5. The van der Waals surface area contributed by atoms with Crippen LogP contribution in [-0.2, 0) is 14.3 Å². The van der Waals surface area contributed by atoms with Crippen LogP contribution in [0.3, 0.4) is 0 Å². The van der Waals surface area contributed by atoms with E-state index in [9.17, 15) is 9.59 Å². The van der Waals surface area contributed by atoms with E-state index in [0.717, 1.165) is 0 Å². The first kappa shape index (κ1) is 20.3. The molecule has 0 aliphatic carbocycles. The number of ether oxygens (including phenoxy) is 1. The van der Waals surface area contributed by atoms with Crippen molar-refractivity contribution in [3.05, 3.63) is 0 Å². The van der Waals surface area contributed by atoms with Crippen LogP contribution in [0, 0.1) is 5.92 Å². The maximum atomic E-state index is 11.2. The predicted octanol–water partition coefficient (Wildman–Crippen LogP) is 1.14. The molecule has 0 fully saturated rings. The summed E-state index contributed by atoms with van der Waals surface area (Å²) >= 11 is 0. The average molecular weight is 351 g/mol. The van der Waals surface area contributed by atoms with Gasteiger partial charge in [-0.1, -0.05) is 6.92 Å². The van der Waals surface area contributed by atoms with Crippen LogP contribution in [0.25, 0.3) is 0 Å². The molecule has 0 aliphatic heterocycles. The SMILES string of the molecule is Br.Br.CCOC(=O)[C@@H](CC)[C@H](N)C(=O)O. The van der Waals surface area contributed by atoms with Crippen LogP contribution in [0.5, 0.6) is 0 Å². The number of nitrogens with two attached hydrogens (primary N) is 1. The fourth-order valence-electron chi connectivity index (χ4n) is 0.989. The largest absolute Gasteiger partial charge is 0.480 e. The molecule has 0 bridgehead atoms. The summed E-state index contributed by atoms with van der Waals surface area (Å²) in [6.45, 7) is 3.60. The summed E-state index contributed by atoms with van der Waals surface area (Å²) in [5.74, 6) is -2.47. The zero-order valence-corrected chi connectivity index (χ0v) is 12.1. The number of carboxylic acids is 1. The molecule has 0 heterocycles. The van der Waals surface area contributed by atoms with Gasteiger partial charge in [0.05, 0.1) is 12.5 Å². The van der Waals surface area contributed by atoms with E-state index in [0.29, 0.717) is 6.42 Å². The minimum atomic E-state index is -1.18. The minimum Gasteiger partial charge on any atom is -0.480 e. The lowest BCUT2D eigenvalue weighted by Gasteiger charge is -2.16. The molecule has 0 aromatic rings. The molecule has 5 nitrogen and oxygen atoms in total. The Bertz CT molecular complexity index is 201. The normalized spacial score (nSPS) is 12.7. The van der Waals surface area contributed by atoms with Crippen LogP contribution in [-0.4, -0.2) is 29.7 Å². The zero-order valence-electron chi connectivity index (χ0n) is 8.63. The Hall–Kier alpha value is -0.140. The molecular formula is C8H17Br2NO4. The van der Waals surface area contributed by atoms with Crippen molar-refractivity contribution in [2.75, 3.05) is 6.61 Å². The highest BCUT2D eigenvalue weighted by atomic mass is 79.9. The van der Waals surface area contributed by atoms with Crippen LogP contribution in [0.4, 0.5) is 0 Å². The van der Waals surface area contributed by atoms with Crippen LogP contribution < -0.4 is 5.73 Å². The van der Waals surface area contributed by atoms with E-state index in [2.05, 4.69) is 4.74 Å². The first-order valence-electron chi connectivity index (χ1n) is 4.19. The molecule has 0 aliphatic rings. The molecule has 0 saturated heterocycles. The molecule has 0 spiro atoms. The molecule has 15 heavy (non-hydrogen) atoms. The number of esters is 1. The second-order valence-corrected chi connectivity index (χ2v) is 2.63. The summed E-state index contributed by atoms with van der Waals surface area (Å²) in [4.78, 5) is 21.6. The molecule has 0 saturated carbocycles. The third-order valence-electron chi connectivity index (χ3n) is 1.75. The van der Waals surface area contributed by atoms with Crippen LogP contribution in [0.1, 0.15) is 20.3 Å². The van der Waals surface area contributed by atoms with Crippen LogP contribution in [0.15, 0.2) is 0 Å². The van der Waals surface area contributed by atoms with Gasteiger partial charge in [0.1, 0.15) is 6.04 Å². The van der Waals surface area contributed by atoms with Gasteiger partial charge in [-0.05, 0) is 13.3 Å². The van der Waals surface area contributed by atoms with E-state index in [1.54, 1.807) is 13.8 Å².